The third kappa shape index (κ3) is 3.57. The lowest BCUT2D eigenvalue weighted by Crippen LogP contribution is -2.47. The quantitative estimate of drug-likeness (QED) is 0.856. The first-order chi connectivity index (χ1) is 11.3. The third-order valence-electron chi connectivity index (χ3n) is 4.29. The highest BCUT2D eigenvalue weighted by atomic mass is 32.2. The summed E-state index contributed by atoms with van der Waals surface area (Å²) in [4.78, 5) is 14.5. The Hall–Kier alpha value is -2.00. The van der Waals surface area contributed by atoms with Gasteiger partial charge in [0.25, 0.3) is 0 Å². The zero-order valence-electron chi connectivity index (χ0n) is 13.5. The maximum absolute atomic E-state index is 11.9. The van der Waals surface area contributed by atoms with E-state index in [9.17, 15) is 13.2 Å². The van der Waals surface area contributed by atoms with Gasteiger partial charge in [-0.3, -0.25) is 9.21 Å². The number of anilines is 1. The van der Waals surface area contributed by atoms with E-state index in [4.69, 9.17) is 9.84 Å². The van der Waals surface area contributed by atoms with E-state index in [1.165, 1.54) is 15.5 Å². The number of ether oxygens (including phenoxy) is 1. The van der Waals surface area contributed by atoms with Crippen molar-refractivity contribution in [3.8, 4) is 5.75 Å². The van der Waals surface area contributed by atoms with E-state index in [0.717, 1.165) is 5.56 Å². The Balaban J connectivity index is 1.73. The van der Waals surface area contributed by atoms with Crippen molar-refractivity contribution >= 4 is 21.8 Å². The van der Waals surface area contributed by atoms with Gasteiger partial charge in [-0.15, -0.1) is 0 Å². The second-order valence-corrected chi connectivity index (χ2v) is 7.94. The summed E-state index contributed by atoms with van der Waals surface area (Å²) in [7, 11) is -3.34. The minimum Gasteiger partial charge on any atom is -0.489 e. The number of rotatable bonds is 3. The molecular formula is C15H21N3O5S. The van der Waals surface area contributed by atoms with E-state index in [2.05, 4.69) is 4.90 Å². The second kappa shape index (κ2) is 6.48. The fourth-order valence-electron chi connectivity index (χ4n) is 3.04. The Morgan fingerprint density at radius 1 is 1.21 bits per heavy atom. The molecule has 0 saturated carbocycles. The molecule has 1 fully saturated rings. The lowest BCUT2D eigenvalue weighted by Gasteiger charge is -2.34. The molecule has 2 aliphatic rings. The fraction of sp³-hybridized carbons (Fsp3) is 0.533. The predicted molar refractivity (Wildman–Crippen MR) is 89.0 cm³/mol. The highest BCUT2D eigenvalue weighted by molar-refractivity contribution is 7.92. The summed E-state index contributed by atoms with van der Waals surface area (Å²) >= 11 is 0. The number of piperazine rings is 1. The first-order valence-electron chi connectivity index (χ1n) is 7.78. The number of amides is 1. The molecule has 0 atom stereocenters. The van der Waals surface area contributed by atoms with Crippen molar-refractivity contribution in [3.63, 3.8) is 0 Å². The first-order valence-corrected chi connectivity index (χ1v) is 9.63. The Bertz CT molecular complexity index is 729. The van der Waals surface area contributed by atoms with Gasteiger partial charge in [-0.25, -0.2) is 13.2 Å². The van der Waals surface area contributed by atoms with E-state index in [0.29, 0.717) is 57.3 Å². The number of carbonyl (C=O) groups is 1. The zero-order chi connectivity index (χ0) is 17.3. The van der Waals surface area contributed by atoms with Crippen LogP contribution >= 0.6 is 0 Å². The Morgan fingerprint density at radius 3 is 2.54 bits per heavy atom. The summed E-state index contributed by atoms with van der Waals surface area (Å²) in [5.74, 6) is 0.575. The first kappa shape index (κ1) is 16.8. The molecule has 2 aliphatic heterocycles. The molecule has 0 unspecified atom stereocenters. The van der Waals surface area contributed by atoms with Crippen LogP contribution in [-0.2, 0) is 16.6 Å². The van der Waals surface area contributed by atoms with E-state index < -0.39 is 16.1 Å². The molecule has 0 aliphatic carbocycles. The molecule has 132 valence electrons. The maximum atomic E-state index is 11.9. The van der Waals surface area contributed by atoms with Crippen molar-refractivity contribution in [1.82, 2.24) is 9.80 Å². The van der Waals surface area contributed by atoms with Gasteiger partial charge in [0.1, 0.15) is 12.4 Å². The fourth-order valence-corrected chi connectivity index (χ4v) is 3.94. The van der Waals surface area contributed by atoms with E-state index in [1.54, 1.807) is 6.07 Å². The van der Waals surface area contributed by atoms with Gasteiger partial charge in [0.15, 0.2) is 0 Å². The summed E-state index contributed by atoms with van der Waals surface area (Å²) in [5.41, 5.74) is 1.56. The maximum Gasteiger partial charge on any atom is 0.407 e. The van der Waals surface area contributed by atoms with Crippen molar-refractivity contribution < 1.29 is 23.1 Å². The van der Waals surface area contributed by atoms with Crippen LogP contribution < -0.4 is 9.04 Å². The number of sulfonamides is 1. The summed E-state index contributed by atoms with van der Waals surface area (Å²) in [6.45, 7) is 3.60. The minimum atomic E-state index is -3.34. The topological polar surface area (TPSA) is 90.4 Å². The van der Waals surface area contributed by atoms with Crippen molar-refractivity contribution in [2.45, 2.75) is 6.54 Å². The lowest BCUT2D eigenvalue weighted by molar-refractivity contribution is 0.103. The van der Waals surface area contributed by atoms with E-state index >= 15 is 0 Å². The molecule has 3 rings (SSSR count). The Morgan fingerprint density at radius 2 is 1.92 bits per heavy atom. The number of benzene rings is 1. The van der Waals surface area contributed by atoms with Gasteiger partial charge in [0.2, 0.25) is 10.0 Å². The van der Waals surface area contributed by atoms with Crippen LogP contribution in [-0.4, -0.2) is 75.0 Å². The van der Waals surface area contributed by atoms with Gasteiger partial charge >= 0.3 is 6.09 Å². The molecule has 24 heavy (non-hydrogen) atoms. The second-order valence-electron chi connectivity index (χ2n) is 6.03. The zero-order valence-corrected chi connectivity index (χ0v) is 14.3. The monoisotopic (exact) mass is 355 g/mol. The number of carboxylic acid groups (broad SMARTS) is 1. The molecule has 0 aromatic heterocycles. The molecule has 0 bridgehead atoms. The van der Waals surface area contributed by atoms with E-state index in [-0.39, 0.29) is 0 Å². The molecule has 1 aromatic rings. The average molecular weight is 355 g/mol. The summed E-state index contributed by atoms with van der Waals surface area (Å²) in [6, 6.07) is 5.57. The SMILES string of the molecule is CS(=O)(=O)N1CCOc2ccc(CN3CCN(C(=O)O)CC3)cc21. The number of fused-ring (bicyclic) bond motifs is 1. The molecule has 0 radical (unpaired) electrons. The van der Waals surface area contributed by atoms with Gasteiger partial charge in [0, 0.05) is 32.7 Å². The molecule has 8 nitrogen and oxygen atoms in total. The number of nitrogens with zero attached hydrogens (tertiary/aromatic N) is 3. The molecule has 0 spiro atoms. The predicted octanol–water partition coefficient (Wildman–Crippen LogP) is 0.641. The van der Waals surface area contributed by atoms with Crippen LogP contribution in [0.4, 0.5) is 10.5 Å². The van der Waals surface area contributed by atoms with Gasteiger partial charge in [-0.2, -0.15) is 0 Å². The summed E-state index contributed by atoms with van der Waals surface area (Å²) in [6.07, 6.45) is 0.310. The Kier molecular flexibility index (Phi) is 4.55. The molecular weight excluding hydrogens is 334 g/mol. The molecule has 1 N–H and O–H groups in total. The minimum absolute atomic E-state index is 0.312. The van der Waals surface area contributed by atoms with E-state index in [1.807, 2.05) is 12.1 Å². The summed E-state index contributed by atoms with van der Waals surface area (Å²) < 4.78 is 30.8. The summed E-state index contributed by atoms with van der Waals surface area (Å²) in [5, 5.41) is 8.98. The van der Waals surface area contributed by atoms with Crippen LogP contribution in [0.1, 0.15) is 5.56 Å². The molecule has 9 heteroatoms. The largest absolute Gasteiger partial charge is 0.489 e. The van der Waals surface area contributed by atoms with Crippen LogP contribution in [0.5, 0.6) is 5.75 Å². The van der Waals surface area contributed by atoms with Crippen molar-refractivity contribution in [2.24, 2.45) is 0 Å². The van der Waals surface area contributed by atoms with Crippen LogP contribution in [0, 0.1) is 0 Å². The molecule has 2 heterocycles. The van der Waals surface area contributed by atoms with Crippen LogP contribution in [0.25, 0.3) is 0 Å². The van der Waals surface area contributed by atoms with Crippen molar-refractivity contribution in [3.05, 3.63) is 23.8 Å². The molecule has 1 saturated heterocycles. The number of hydrogen-bond donors (Lipinski definition) is 1. The highest BCUT2D eigenvalue weighted by Gasteiger charge is 2.26. The highest BCUT2D eigenvalue weighted by Crippen LogP contribution is 2.34. The molecule has 1 amide bonds. The van der Waals surface area contributed by atoms with Crippen LogP contribution in [0.3, 0.4) is 0 Å². The number of hydrogen-bond acceptors (Lipinski definition) is 5. The Labute approximate surface area is 141 Å². The van der Waals surface area contributed by atoms with Gasteiger partial charge in [0.05, 0.1) is 18.5 Å². The van der Waals surface area contributed by atoms with Crippen molar-refractivity contribution in [2.75, 3.05) is 49.9 Å². The molecule has 1 aromatic carbocycles. The van der Waals surface area contributed by atoms with Gasteiger partial charge in [-0.1, -0.05) is 6.07 Å². The van der Waals surface area contributed by atoms with Gasteiger partial charge in [-0.05, 0) is 17.7 Å². The van der Waals surface area contributed by atoms with Gasteiger partial charge < -0.3 is 14.7 Å². The lowest BCUT2D eigenvalue weighted by atomic mass is 10.1. The average Bonchev–Trinajstić information content (AvgIpc) is 2.54. The van der Waals surface area contributed by atoms with Crippen LogP contribution in [0.15, 0.2) is 18.2 Å². The standard InChI is InChI=1S/C15H21N3O5S/c1-24(21,22)18-8-9-23-14-3-2-12(10-13(14)18)11-16-4-6-17(7-5-16)15(19)20/h2-3,10H,4-9,11H2,1H3,(H,19,20). The normalized spacial score (nSPS) is 18.9. The smallest absolute Gasteiger partial charge is 0.407 e. The van der Waals surface area contributed by atoms with Crippen molar-refractivity contribution in [1.29, 1.82) is 0 Å². The third-order valence-corrected chi connectivity index (χ3v) is 5.47. The van der Waals surface area contributed by atoms with Crippen LogP contribution in [0.2, 0.25) is 0 Å².